The molecule has 0 amide bonds. The van der Waals surface area contributed by atoms with Gasteiger partial charge in [0, 0.05) is 52.2 Å². The van der Waals surface area contributed by atoms with Gasteiger partial charge in [-0.05, 0) is 80.9 Å². The van der Waals surface area contributed by atoms with E-state index in [0.29, 0.717) is 44.8 Å². The van der Waals surface area contributed by atoms with Crippen LogP contribution >= 0.6 is 0 Å². The van der Waals surface area contributed by atoms with E-state index in [-0.39, 0.29) is 38.1 Å². The molecule has 0 aliphatic heterocycles. The number of hydrogen-bond acceptors (Lipinski definition) is 3. The van der Waals surface area contributed by atoms with Crippen molar-refractivity contribution < 1.29 is 49.5 Å². The Labute approximate surface area is 381 Å². The summed E-state index contributed by atoms with van der Waals surface area (Å²) in [6.45, 7) is -2.32. The van der Waals surface area contributed by atoms with Crippen LogP contribution in [0, 0.1) is 6.07 Å². The Morgan fingerprint density at radius 2 is 1.41 bits per heavy atom. The normalized spacial score (nSPS) is 16.9. The molecule has 6 aromatic carbocycles. The summed E-state index contributed by atoms with van der Waals surface area (Å²) in [5.41, 5.74) is -1.17. The number of nitrogens with zero attached hydrogens (tertiary/aromatic N) is 3. The minimum absolute atomic E-state index is 0. The van der Waals surface area contributed by atoms with Crippen LogP contribution in [-0.4, -0.2) is 19.6 Å². The summed E-state index contributed by atoms with van der Waals surface area (Å²) in [4.78, 5) is 9.59. The largest absolute Gasteiger partial charge is 0.507 e. The molecule has 8 aromatic rings. The molecule has 0 saturated carbocycles. The number of phenolic OH excluding ortho intramolecular Hbond substituents is 1. The monoisotopic (exact) mass is 956 g/mol. The van der Waals surface area contributed by atoms with Gasteiger partial charge < -0.3 is 5.11 Å². The van der Waals surface area contributed by atoms with Gasteiger partial charge in [0.05, 0.1) is 31.9 Å². The van der Waals surface area contributed by atoms with Gasteiger partial charge in [-0.2, -0.15) is 0 Å². The number of aromatic hydroxyl groups is 1. The number of benzene rings is 6. The van der Waals surface area contributed by atoms with E-state index in [1.807, 2.05) is 112 Å². The van der Waals surface area contributed by atoms with E-state index in [4.69, 9.17) is 26.9 Å². The summed E-state index contributed by atoms with van der Waals surface area (Å²) in [6, 6.07) is 28.4. The molecule has 2 heterocycles. The first kappa shape index (κ1) is 24.4. The Hall–Kier alpha value is -5.57. The Morgan fingerprint density at radius 1 is 0.707 bits per heavy atom. The first-order valence-corrected chi connectivity index (χ1v) is 18.4. The number of aromatic nitrogens is 3. The average Bonchev–Trinajstić information content (AvgIpc) is 3.69. The molecule has 2 aromatic heterocycles. The van der Waals surface area contributed by atoms with Crippen molar-refractivity contribution in [3.05, 3.63) is 168 Å². The van der Waals surface area contributed by atoms with Crippen LogP contribution in [0.15, 0.2) is 146 Å². The van der Waals surface area contributed by atoms with Crippen molar-refractivity contribution in [1.29, 1.82) is 0 Å². The maximum atomic E-state index is 11.4. The average molecular weight is 957 g/mol. The zero-order chi connectivity index (χ0) is 54.6. The van der Waals surface area contributed by atoms with E-state index in [1.54, 1.807) is 30.3 Å². The summed E-state index contributed by atoms with van der Waals surface area (Å²) >= 11 is 0. The topological polar surface area (TPSA) is 50.9 Å². The molecule has 294 valence electrons. The zero-order valence-corrected chi connectivity index (χ0v) is 34.7. The molecular formula is C53H50N3OPt-. The zero-order valence-electron chi connectivity index (χ0n) is 49.4. The van der Waals surface area contributed by atoms with Crippen molar-refractivity contribution in [2.45, 2.75) is 71.9 Å². The van der Waals surface area contributed by atoms with Crippen LogP contribution < -0.4 is 0 Å². The SMILES string of the molecule is [2H]c1nc(-c2[c-]c(-c3cccc4c3nc(-c3ccccc3O)n4-c3ccc(C([2H])(C)C)cc3-c3ccccc3)cc(C(C)(C)C)c2)c([2H])c(-c2c([2H])c([2H])c(C(C([2H])([2H])[2H])(C([2H])([2H])[2H])C([2H])([2H])[2H])c([2H])c2[2H])c1[2H].[Pt]. The van der Waals surface area contributed by atoms with Crippen molar-refractivity contribution in [3.63, 3.8) is 0 Å². The molecule has 5 heteroatoms. The van der Waals surface area contributed by atoms with E-state index in [1.165, 1.54) is 0 Å². The molecule has 0 atom stereocenters. The molecule has 0 bridgehead atoms. The molecule has 0 aliphatic carbocycles. The van der Waals surface area contributed by atoms with Gasteiger partial charge in [-0.1, -0.05) is 157 Å². The molecule has 0 radical (unpaired) electrons. The number of imidazole rings is 1. The number of pyridine rings is 1. The standard InChI is InChI=1S/C53H50N3O.Pt/c1-34(2)37-23-26-47(45(32-37)36-15-10-9-11-16-36)56-48-19-14-18-43(50(48)55-51(56)44-17-12-13-20-49(44)57)39-29-40(31-42(30-39)53(6,7)8)46-33-38(27-28-54-46)35-21-24-41(25-22-35)52(3,4)5;/h9-28,30-34,57H,1-8H3;/q-1;/i3D3,4D3,5D3,21D,22D,24D,25D,27D,28D,33D,34D;. The van der Waals surface area contributed by atoms with Crippen molar-refractivity contribution in [2.24, 2.45) is 0 Å². The fourth-order valence-corrected chi connectivity index (χ4v) is 6.77. The Morgan fingerprint density at radius 3 is 2.12 bits per heavy atom. The number of phenols is 1. The van der Waals surface area contributed by atoms with Crippen molar-refractivity contribution >= 4 is 11.0 Å². The number of para-hydroxylation sites is 2. The molecule has 0 aliphatic rings. The predicted octanol–water partition coefficient (Wildman–Crippen LogP) is 14.0. The van der Waals surface area contributed by atoms with E-state index in [9.17, 15) is 6.48 Å². The van der Waals surface area contributed by atoms with Gasteiger partial charge in [-0.25, -0.2) is 4.98 Å². The summed E-state index contributed by atoms with van der Waals surface area (Å²) in [6.07, 6.45) is -0.757. The minimum Gasteiger partial charge on any atom is -0.507 e. The van der Waals surface area contributed by atoms with Crippen molar-refractivity contribution in [1.82, 2.24) is 14.5 Å². The third-order valence-electron chi connectivity index (χ3n) is 9.85. The van der Waals surface area contributed by atoms with Gasteiger partial charge in [0.15, 0.2) is 0 Å². The Bertz CT molecular complexity index is 3470. The Balaban J connectivity index is 0.00000820. The van der Waals surface area contributed by atoms with E-state index in [0.717, 1.165) is 16.7 Å². The van der Waals surface area contributed by atoms with E-state index >= 15 is 0 Å². The van der Waals surface area contributed by atoms with Gasteiger partial charge >= 0.3 is 0 Å². The molecule has 0 unspecified atom stereocenters. The fourth-order valence-electron chi connectivity index (χ4n) is 6.77. The van der Waals surface area contributed by atoms with Crippen molar-refractivity contribution in [2.75, 3.05) is 0 Å². The summed E-state index contributed by atoms with van der Waals surface area (Å²) in [5.74, 6) is -0.591. The second-order valence-electron chi connectivity index (χ2n) is 15.2. The molecular weight excluding hydrogens is 890 g/mol. The maximum absolute atomic E-state index is 11.4. The second kappa shape index (κ2) is 16.0. The summed E-state index contributed by atoms with van der Waals surface area (Å²) < 4.78 is 148. The van der Waals surface area contributed by atoms with Gasteiger partial charge in [0.25, 0.3) is 0 Å². The second-order valence-corrected chi connectivity index (χ2v) is 15.2. The van der Waals surface area contributed by atoms with Crippen LogP contribution in [0.2, 0.25) is 0 Å². The molecule has 8 rings (SSSR count). The first-order chi connectivity index (χ1) is 34.2. The van der Waals surface area contributed by atoms with Crippen LogP contribution in [0.25, 0.3) is 72.7 Å². The van der Waals surface area contributed by atoms with Crippen LogP contribution in [0.4, 0.5) is 0 Å². The molecule has 0 fully saturated rings. The maximum Gasteiger partial charge on any atom is 0.148 e. The van der Waals surface area contributed by atoms with Crippen LogP contribution in [0.1, 0.15) is 101 Å². The van der Waals surface area contributed by atoms with Gasteiger partial charge in [0.2, 0.25) is 0 Å². The first-order valence-electron chi connectivity index (χ1n) is 26.9. The van der Waals surface area contributed by atoms with Crippen molar-refractivity contribution in [3.8, 4) is 67.5 Å². The Kier molecular flexibility index (Phi) is 6.72. The van der Waals surface area contributed by atoms with E-state index < -0.39 is 96.4 Å². The smallest absolute Gasteiger partial charge is 0.148 e. The van der Waals surface area contributed by atoms with Crippen LogP contribution in [-0.2, 0) is 31.9 Å². The number of fused-ring (bicyclic) bond motifs is 1. The fraction of sp³-hybridized carbons (Fsp3) is 0.208. The van der Waals surface area contributed by atoms with Gasteiger partial charge in [-0.3, -0.25) is 9.55 Å². The van der Waals surface area contributed by atoms with Crippen LogP contribution in [0.5, 0.6) is 5.75 Å². The number of rotatable bonds is 7. The van der Waals surface area contributed by atoms with Crippen LogP contribution in [0.3, 0.4) is 0 Å². The molecule has 1 N–H and O–H groups in total. The molecule has 0 saturated heterocycles. The third-order valence-corrected chi connectivity index (χ3v) is 9.85. The quantitative estimate of drug-likeness (QED) is 0.162. The molecule has 4 nitrogen and oxygen atoms in total. The predicted molar refractivity (Wildman–Crippen MR) is 238 cm³/mol. The third kappa shape index (κ3) is 7.96. The number of hydrogen-bond donors (Lipinski definition) is 1. The van der Waals surface area contributed by atoms with Gasteiger partial charge in [-0.15, -0.1) is 29.3 Å². The van der Waals surface area contributed by atoms with Gasteiger partial charge in [0.1, 0.15) is 11.6 Å². The molecule has 0 spiro atoms. The van der Waals surface area contributed by atoms with E-state index in [2.05, 4.69) is 11.1 Å². The molecule has 58 heavy (non-hydrogen) atoms. The summed E-state index contributed by atoms with van der Waals surface area (Å²) in [7, 11) is 0. The summed E-state index contributed by atoms with van der Waals surface area (Å²) in [5, 5.41) is 11.4. The minimum atomic E-state index is -3.93.